The van der Waals surface area contributed by atoms with Gasteiger partial charge in [-0.05, 0) is 19.8 Å². The van der Waals surface area contributed by atoms with Gasteiger partial charge in [0.05, 0.1) is 5.69 Å². The summed E-state index contributed by atoms with van der Waals surface area (Å²) in [4.78, 5) is 4.41. The third kappa shape index (κ3) is 1.74. The summed E-state index contributed by atoms with van der Waals surface area (Å²) in [6.07, 6.45) is 6.54. The number of nitrogens with one attached hydrogen (secondary N) is 1. The third-order valence-corrected chi connectivity index (χ3v) is 2.20. The molecule has 0 saturated heterocycles. The first-order valence-corrected chi connectivity index (χ1v) is 4.71. The molecule has 13 heavy (non-hydrogen) atoms. The van der Waals surface area contributed by atoms with E-state index < -0.39 is 0 Å². The van der Waals surface area contributed by atoms with Crippen molar-refractivity contribution in [2.75, 3.05) is 11.9 Å². The molecule has 1 saturated carbocycles. The Kier molecular flexibility index (Phi) is 2.08. The molecule has 0 radical (unpaired) electrons. The lowest BCUT2D eigenvalue weighted by Gasteiger charge is -2.05. The van der Waals surface area contributed by atoms with Crippen LogP contribution in [-0.4, -0.2) is 16.1 Å². The normalized spacial score (nSPS) is 15.8. The first kappa shape index (κ1) is 8.35. The van der Waals surface area contributed by atoms with Crippen molar-refractivity contribution in [3.05, 3.63) is 24.5 Å². The van der Waals surface area contributed by atoms with Crippen LogP contribution in [0.2, 0.25) is 0 Å². The molecule has 1 aliphatic carbocycles. The molecular weight excluding hydrogens is 162 g/mol. The highest BCUT2D eigenvalue weighted by atomic mass is 15.2. The Balaban J connectivity index is 2.15. The van der Waals surface area contributed by atoms with E-state index in [4.69, 9.17) is 0 Å². The van der Waals surface area contributed by atoms with Crippen LogP contribution in [0.5, 0.6) is 0 Å². The number of hydrogen-bond donors (Lipinski definition) is 1. The Morgan fingerprint density at radius 3 is 3.15 bits per heavy atom. The monoisotopic (exact) mass is 177 g/mol. The first-order chi connectivity index (χ1) is 6.31. The lowest BCUT2D eigenvalue weighted by Crippen LogP contribution is -2.05. The van der Waals surface area contributed by atoms with Gasteiger partial charge in [0.15, 0.2) is 0 Å². The van der Waals surface area contributed by atoms with E-state index in [-0.39, 0.29) is 0 Å². The zero-order valence-electron chi connectivity index (χ0n) is 7.95. The molecule has 1 aromatic heterocycles. The van der Waals surface area contributed by atoms with Gasteiger partial charge in [0.2, 0.25) is 5.95 Å². The van der Waals surface area contributed by atoms with Gasteiger partial charge >= 0.3 is 0 Å². The van der Waals surface area contributed by atoms with Gasteiger partial charge in [0.1, 0.15) is 0 Å². The minimum atomic E-state index is 0.688. The molecule has 0 atom stereocenters. The number of aromatic nitrogens is 2. The SMILES string of the molecule is C=CCNc1nc(C)cn1C1CC1. The Labute approximate surface area is 78.5 Å². The van der Waals surface area contributed by atoms with Crippen LogP contribution in [0.15, 0.2) is 18.9 Å². The molecule has 0 aliphatic heterocycles. The Morgan fingerprint density at radius 2 is 2.54 bits per heavy atom. The molecule has 0 aromatic carbocycles. The number of hydrogen-bond acceptors (Lipinski definition) is 2. The zero-order chi connectivity index (χ0) is 9.26. The van der Waals surface area contributed by atoms with Crippen molar-refractivity contribution in [2.45, 2.75) is 25.8 Å². The van der Waals surface area contributed by atoms with Crippen molar-refractivity contribution in [3.8, 4) is 0 Å². The highest BCUT2D eigenvalue weighted by Gasteiger charge is 2.25. The summed E-state index contributed by atoms with van der Waals surface area (Å²) >= 11 is 0. The van der Waals surface area contributed by atoms with E-state index >= 15 is 0 Å². The van der Waals surface area contributed by atoms with Gasteiger partial charge in [-0.1, -0.05) is 6.08 Å². The quantitative estimate of drug-likeness (QED) is 0.714. The van der Waals surface area contributed by atoms with Crippen LogP contribution in [-0.2, 0) is 0 Å². The van der Waals surface area contributed by atoms with Gasteiger partial charge in [0.25, 0.3) is 0 Å². The van der Waals surface area contributed by atoms with Gasteiger partial charge in [-0.3, -0.25) is 0 Å². The molecule has 0 amide bonds. The number of imidazole rings is 1. The maximum Gasteiger partial charge on any atom is 0.203 e. The summed E-state index contributed by atoms with van der Waals surface area (Å²) < 4.78 is 2.23. The van der Waals surface area contributed by atoms with Crippen LogP contribution >= 0.6 is 0 Å². The van der Waals surface area contributed by atoms with E-state index in [1.165, 1.54) is 12.8 Å². The second kappa shape index (κ2) is 3.24. The minimum Gasteiger partial charge on any atom is -0.352 e. The predicted molar refractivity (Wildman–Crippen MR) is 53.9 cm³/mol. The smallest absolute Gasteiger partial charge is 0.203 e. The standard InChI is InChI=1S/C10H15N3/c1-3-6-11-10-12-8(2)7-13(10)9-4-5-9/h3,7,9H,1,4-6H2,2H3,(H,11,12). The molecule has 0 spiro atoms. The van der Waals surface area contributed by atoms with E-state index in [1.54, 1.807) is 0 Å². The van der Waals surface area contributed by atoms with Crippen molar-refractivity contribution in [1.82, 2.24) is 9.55 Å². The van der Waals surface area contributed by atoms with Crippen LogP contribution in [0.4, 0.5) is 5.95 Å². The first-order valence-electron chi connectivity index (χ1n) is 4.71. The van der Waals surface area contributed by atoms with Gasteiger partial charge in [-0.25, -0.2) is 4.98 Å². The molecule has 3 nitrogen and oxygen atoms in total. The van der Waals surface area contributed by atoms with Gasteiger partial charge in [-0.15, -0.1) is 6.58 Å². The summed E-state index contributed by atoms with van der Waals surface area (Å²) in [6, 6.07) is 0.688. The van der Waals surface area contributed by atoms with Crippen LogP contribution in [0, 0.1) is 6.92 Å². The van der Waals surface area contributed by atoms with Crippen molar-refractivity contribution < 1.29 is 0 Å². The summed E-state index contributed by atoms with van der Waals surface area (Å²) in [5.74, 6) is 0.986. The average molecular weight is 177 g/mol. The van der Waals surface area contributed by atoms with Crippen molar-refractivity contribution in [2.24, 2.45) is 0 Å². The Morgan fingerprint density at radius 1 is 1.77 bits per heavy atom. The molecule has 70 valence electrons. The highest BCUT2D eigenvalue weighted by Crippen LogP contribution is 2.37. The Bertz CT molecular complexity index is 310. The zero-order valence-corrected chi connectivity index (χ0v) is 7.95. The van der Waals surface area contributed by atoms with Gasteiger partial charge < -0.3 is 9.88 Å². The third-order valence-electron chi connectivity index (χ3n) is 2.20. The van der Waals surface area contributed by atoms with Gasteiger partial charge in [0, 0.05) is 18.8 Å². The van der Waals surface area contributed by atoms with Crippen molar-refractivity contribution in [1.29, 1.82) is 0 Å². The lowest BCUT2D eigenvalue weighted by molar-refractivity contribution is 0.746. The van der Waals surface area contributed by atoms with Crippen LogP contribution < -0.4 is 5.32 Å². The number of anilines is 1. The minimum absolute atomic E-state index is 0.688. The van der Waals surface area contributed by atoms with E-state index in [0.717, 1.165) is 18.2 Å². The summed E-state index contributed by atoms with van der Waals surface area (Å²) in [5.41, 5.74) is 1.08. The number of nitrogens with zero attached hydrogens (tertiary/aromatic N) is 2. The summed E-state index contributed by atoms with van der Waals surface area (Å²) in [5, 5.41) is 3.24. The maximum atomic E-state index is 4.41. The van der Waals surface area contributed by atoms with E-state index in [1.807, 2.05) is 13.0 Å². The molecule has 0 unspecified atom stereocenters. The second-order valence-electron chi connectivity index (χ2n) is 3.51. The second-order valence-corrected chi connectivity index (χ2v) is 3.51. The molecule has 3 heteroatoms. The van der Waals surface area contributed by atoms with Crippen LogP contribution in [0.25, 0.3) is 0 Å². The topological polar surface area (TPSA) is 29.9 Å². The largest absolute Gasteiger partial charge is 0.352 e. The maximum absolute atomic E-state index is 4.41. The van der Waals surface area contributed by atoms with Crippen LogP contribution in [0.1, 0.15) is 24.6 Å². The molecule has 1 N–H and O–H groups in total. The van der Waals surface area contributed by atoms with E-state index in [2.05, 4.69) is 27.6 Å². The molecule has 0 bridgehead atoms. The fourth-order valence-electron chi connectivity index (χ4n) is 1.44. The van der Waals surface area contributed by atoms with Crippen molar-refractivity contribution >= 4 is 5.95 Å². The number of aryl methyl sites for hydroxylation is 1. The predicted octanol–water partition coefficient (Wildman–Crippen LogP) is 2.12. The Hall–Kier alpha value is -1.25. The molecular formula is C10H15N3. The van der Waals surface area contributed by atoms with Gasteiger partial charge in [-0.2, -0.15) is 0 Å². The molecule has 1 aliphatic rings. The molecule has 1 heterocycles. The summed E-state index contributed by atoms with van der Waals surface area (Å²) in [7, 11) is 0. The van der Waals surface area contributed by atoms with Crippen LogP contribution in [0.3, 0.4) is 0 Å². The molecule has 1 fully saturated rings. The highest BCUT2D eigenvalue weighted by molar-refractivity contribution is 5.31. The van der Waals surface area contributed by atoms with E-state index in [9.17, 15) is 0 Å². The average Bonchev–Trinajstić information content (AvgIpc) is 2.88. The van der Waals surface area contributed by atoms with E-state index in [0.29, 0.717) is 6.04 Å². The summed E-state index contributed by atoms with van der Waals surface area (Å²) in [6.45, 7) is 6.48. The fourth-order valence-corrected chi connectivity index (χ4v) is 1.44. The van der Waals surface area contributed by atoms with Crippen molar-refractivity contribution in [3.63, 3.8) is 0 Å². The molecule has 2 rings (SSSR count). The molecule has 1 aromatic rings. The lowest BCUT2D eigenvalue weighted by atomic mass is 10.5. The fraction of sp³-hybridized carbons (Fsp3) is 0.500. The number of rotatable bonds is 4.